The Balaban J connectivity index is 3.08. The minimum Gasteiger partial charge on any atom is -0.379 e. The molecule has 0 fully saturated rings. The lowest BCUT2D eigenvalue weighted by Gasteiger charge is -2.07. The van der Waals surface area contributed by atoms with E-state index < -0.39 is 0 Å². The molecule has 0 radical (unpaired) electrons. The summed E-state index contributed by atoms with van der Waals surface area (Å²) in [5, 5.41) is 0. The van der Waals surface area contributed by atoms with E-state index >= 15 is 0 Å². The number of carbonyl (C=O) groups is 1. The molecule has 0 heterocycles. The Morgan fingerprint density at radius 2 is 1.33 bits per heavy atom. The maximum atomic E-state index is 11.4. The van der Waals surface area contributed by atoms with E-state index in [1.807, 2.05) is 13.8 Å². The molecule has 0 aromatic rings. The second-order valence-corrected chi connectivity index (χ2v) is 6.55. The van der Waals surface area contributed by atoms with Crippen LogP contribution in [0, 0.1) is 11.8 Å². The van der Waals surface area contributed by atoms with Gasteiger partial charge in [-0.15, -0.1) is 0 Å². The van der Waals surface area contributed by atoms with Gasteiger partial charge in [-0.2, -0.15) is 0 Å². The highest BCUT2D eigenvalue weighted by Crippen LogP contribution is 2.09. The van der Waals surface area contributed by atoms with Gasteiger partial charge in [-0.25, -0.2) is 0 Å². The van der Waals surface area contributed by atoms with E-state index in [4.69, 9.17) is 9.47 Å². The van der Waals surface area contributed by atoms with E-state index in [2.05, 4.69) is 13.8 Å². The molecule has 0 saturated carbocycles. The Bertz CT molecular complexity index is 237. The summed E-state index contributed by atoms with van der Waals surface area (Å²) < 4.78 is 11.0. The first-order chi connectivity index (χ1) is 10.0. The van der Waals surface area contributed by atoms with Crippen molar-refractivity contribution in [2.24, 2.45) is 11.8 Å². The molecule has 0 rings (SSSR count). The zero-order valence-corrected chi connectivity index (χ0v) is 14.7. The Morgan fingerprint density at radius 1 is 0.762 bits per heavy atom. The Morgan fingerprint density at radius 3 is 1.90 bits per heavy atom. The summed E-state index contributed by atoms with van der Waals surface area (Å²) in [7, 11) is 0. The quantitative estimate of drug-likeness (QED) is 0.414. The molecule has 0 aliphatic heterocycles. The summed E-state index contributed by atoms with van der Waals surface area (Å²) in [6, 6.07) is 0. The summed E-state index contributed by atoms with van der Waals surface area (Å²) in [4.78, 5) is 11.4. The molecular formula is C18H36O3. The van der Waals surface area contributed by atoms with Crippen LogP contribution in [0.25, 0.3) is 0 Å². The van der Waals surface area contributed by atoms with Gasteiger partial charge in [0.2, 0.25) is 0 Å². The smallest absolute Gasteiger partial charge is 0.135 e. The van der Waals surface area contributed by atoms with Gasteiger partial charge in [0.05, 0.1) is 13.2 Å². The van der Waals surface area contributed by atoms with Crippen molar-refractivity contribution in [3.63, 3.8) is 0 Å². The summed E-state index contributed by atoms with van der Waals surface area (Å²) in [5.74, 6) is 1.30. The van der Waals surface area contributed by atoms with Crippen molar-refractivity contribution in [2.75, 3.05) is 26.4 Å². The highest BCUT2D eigenvalue weighted by Gasteiger charge is 2.05. The fraction of sp³-hybridized carbons (Fsp3) is 0.944. The molecule has 0 saturated heterocycles. The molecule has 0 amide bonds. The van der Waals surface area contributed by atoms with Gasteiger partial charge < -0.3 is 9.47 Å². The summed E-state index contributed by atoms with van der Waals surface area (Å²) in [6.07, 6.45) is 7.89. The van der Waals surface area contributed by atoms with Crippen molar-refractivity contribution < 1.29 is 14.3 Å². The zero-order valence-electron chi connectivity index (χ0n) is 14.7. The van der Waals surface area contributed by atoms with Crippen molar-refractivity contribution in [3.8, 4) is 0 Å². The van der Waals surface area contributed by atoms with Crippen LogP contribution in [0.1, 0.15) is 72.6 Å². The van der Waals surface area contributed by atoms with Crippen LogP contribution in [0.15, 0.2) is 0 Å². The number of hydrogen-bond donors (Lipinski definition) is 0. The van der Waals surface area contributed by atoms with Crippen LogP contribution in [0.4, 0.5) is 0 Å². The van der Waals surface area contributed by atoms with E-state index in [-0.39, 0.29) is 5.92 Å². The third kappa shape index (κ3) is 15.8. The average Bonchev–Trinajstić information content (AvgIpc) is 2.43. The van der Waals surface area contributed by atoms with Crippen LogP contribution < -0.4 is 0 Å². The number of hydrogen-bond acceptors (Lipinski definition) is 3. The minimum atomic E-state index is 0.147. The second-order valence-electron chi connectivity index (χ2n) is 6.55. The largest absolute Gasteiger partial charge is 0.379 e. The van der Waals surface area contributed by atoms with Crippen molar-refractivity contribution in [1.29, 1.82) is 0 Å². The van der Waals surface area contributed by atoms with Crippen LogP contribution in [0.2, 0.25) is 0 Å². The third-order valence-electron chi connectivity index (χ3n) is 3.55. The van der Waals surface area contributed by atoms with Gasteiger partial charge in [0.15, 0.2) is 0 Å². The van der Waals surface area contributed by atoms with Crippen LogP contribution in [-0.2, 0) is 14.3 Å². The number of ether oxygens (including phenoxy) is 2. The molecule has 0 N–H and O–H groups in total. The summed E-state index contributed by atoms with van der Waals surface area (Å²) in [5.41, 5.74) is 0. The van der Waals surface area contributed by atoms with Gasteiger partial charge in [-0.3, -0.25) is 4.79 Å². The van der Waals surface area contributed by atoms with Gasteiger partial charge in [0.1, 0.15) is 5.78 Å². The van der Waals surface area contributed by atoms with Gasteiger partial charge in [-0.1, -0.05) is 53.4 Å². The Kier molecular flexibility index (Phi) is 14.2. The van der Waals surface area contributed by atoms with Crippen molar-refractivity contribution in [1.82, 2.24) is 0 Å². The first-order valence-corrected chi connectivity index (χ1v) is 8.72. The summed E-state index contributed by atoms with van der Waals surface area (Å²) in [6.45, 7) is 11.3. The number of rotatable bonds is 15. The first-order valence-electron chi connectivity index (χ1n) is 8.72. The molecule has 0 aromatic heterocycles. The highest BCUT2D eigenvalue weighted by atomic mass is 16.5. The number of carbonyl (C=O) groups excluding carboxylic acids is 1. The maximum absolute atomic E-state index is 11.4. The average molecular weight is 300 g/mol. The van der Waals surface area contributed by atoms with Gasteiger partial charge in [0.25, 0.3) is 0 Å². The zero-order chi connectivity index (χ0) is 15.9. The van der Waals surface area contributed by atoms with E-state index in [0.717, 1.165) is 25.4 Å². The first kappa shape index (κ1) is 20.6. The van der Waals surface area contributed by atoms with Crippen LogP contribution in [-0.4, -0.2) is 32.2 Å². The van der Waals surface area contributed by atoms with Crippen LogP contribution >= 0.6 is 0 Å². The molecular weight excluding hydrogens is 264 g/mol. The fourth-order valence-corrected chi connectivity index (χ4v) is 2.07. The molecule has 0 aliphatic carbocycles. The Hall–Kier alpha value is -0.410. The van der Waals surface area contributed by atoms with Gasteiger partial charge >= 0.3 is 0 Å². The van der Waals surface area contributed by atoms with Crippen molar-refractivity contribution >= 4 is 5.78 Å². The standard InChI is InChI=1S/C18H36O3/c1-16(2)10-7-5-6-8-12-20-14-15-21-13-9-11-18(19)17(3)4/h16-17H,5-15H2,1-4H3. The molecule has 0 unspecified atom stereocenters. The fourth-order valence-electron chi connectivity index (χ4n) is 2.07. The van der Waals surface area contributed by atoms with E-state index in [9.17, 15) is 4.79 Å². The van der Waals surface area contributed by atoms with Gasteiger partial charge in [0, 0.05) is 25.6 Å². The van der Waals surface area contributed by atoms with Crippen molar-refractivity contribution in [2.45, 2.75) is 72.6 Å². The Labute approximate surface area is 131 Å². The molecule has 3 heteroatoms. The monoisotopic (exact) mass is 300 g/mol. The SMILES string of the molecule is CC(C)CCCCCCOCCOCCCC(=O)C(C)C. The highest BCUT2D eigenvalue weighted by molar-refractivity contribution is 5.80. The lowest BCUT2D eigenvalue weighted by atomic mass is 10.0. The molecule has 0 atom stereocenters. The lowest BCUT2D eigenvalue weighted by Crippen LogP contribution is -2.10. The predicted molar refractivity (Wildman–Crippen MR) is 88.6 cm³/mol. The van der Waals surface area contributed by atoms with Crippen LogP contribution in [0.5, 0.6) is 0 Å². The molecule has 0 bridgehead atoms. The molecule has 3 nitrogen and oxygen atoms in total. The minimum absolute atomic E-state index is 0.147. The normalized spacial score (nSPS) is 11.5. The molecule has 0 aromatic carbocycles. The van der Waals surface area contributed by atoms with Crippen LogP contribution in [0.3, 0.4) is 0 Å². The van der Waals surface area contributed by atoms with E-state index in [0.29, 0.717) is 32.0 Å². The molecule has 0 spiro atoms. The molecule has 21 heavy (non-hydrogen) atoms. The van der Waals surface area contributed by atoms with E-state index in [1.165, 1.54) is 25.7 Å². The number of unbranched alkanes of at least 4 members (excludes halogenated alkanes) is 3. The molecule has 0 aliphatic rings. The summed E-state index contributed by atoms with van der Waals surface area (Å²) >= 11 is 0. The third-order valence-corrected chi connectivity index (χ3v) is 3.55. The second kappa shape index (κ2) is 14.5. The predicted octanol–water partition coefficient (Wildman–Crippen LogP) is 4.63. The molecule has 126 valence electrons. The van der Waals surface area contributed by atoms with Gasteiger partial charge in [-0.05, 0) is 18.8 Å². The number of ketones is 1. The lowest BCUT2D eigenvalue weighted by molar-refractivity contribution is -0.122. The van der Waals surface area contributed by atoms with E-state index in [1.54, 1.807) is 0 Å². The van der Waals surface area contributed by atoms with Crippen molar-refractivity contribution in [3.05, 3.63) is 0 Å². The number of Topliss-reactive ketones (excluding diaryl/α,β-unsaturated/α-hetero) is 1. The maximum Gasteiger partial charge on any atom is 0.135 e. The topological polar surface area (TPSA) is 35.5 Å².